The van der Waals surface area contributed by atoms with Gasteiger partial charge in [0.05, 0.1) is 38.4 Å². The van der Waals surface area contributed by atoms with Crippen molar-refractivity contribution < 1.29 is 17.9 Å². The van der Waals surface area contributed by atoms with Gasteiger partial charge in [-0.25, -0.2) is 8.42 Å². The van der Waals surface area contributed by atoms with Crippen molar-refractivity contribution in [1.82, 2.24) is 4.31 Å². The molecule has 1 saturated heterocycles. The van der Waals surface area contributed by atoms with Crippen molar-refractivity contribution in [3.05, 3.63) is 80.8 Å². The summed E-state index contributed by atoms with van der Waals surface area (Å²) in [5, 5.41) is 3.74. The highest BCUT2D eigenvalue weighted by Gasteiger charge is 2.30. The summed E-state index contributed by atoms with van der Waals surface area (Å²) in [7, 11) is -2.16. The highest BCUT2D eigenvalue weighted by Crippen LogP contribution is 2.37. The van der Waals surface area contributed by atoms with Gasteiger partial charge in [-0.3, -0.25) is 4.79 Å². The van der Waals surface area contributed by atoms with Crippen molar-refractivity contribution >= 4 is 62.1 Å². The van der Waals surface area contributed by atoms with E-state index >= 15 is 0 Å². The second-order valence-corrected chi connectivity index (χ2v) is 11.4. The molecule has 36 heavy (non-hydrogen) atoms. The zero-order valence-electron chi connectivity index (χ0n) is 19.6. The fourth-order valence-electron chi connectivity index (χ4n) is 4.03. The molecule has 0 bridgehead atoms. The lowest BCUT2D eigenvalue weighted by Crippen LogP contribution is -2.49. The molecule has 1 aliphatic rings. The summed E-state index contributed by atoms with van der Waals surface area (Å²) in [4.78, 5) is 15.2. The lowest BCUT2D eigenvalue weighted by atomic mass is 10.1. The molecule has 1 amide bonds. The number of aryl methyl sites for hydroxylation is 1. The van der Waals surface area contributed by atoms with Crippen LogP contribution in [0.2, 0.25) is 15.1 Å². The van der Waals surface area contributed by atoms with Gasteiger partial charge < -0.3 is 15.0 Å². The first-order chi connectivity index (χ1) is 17.1. The molecule has 7 nitrogen and oxygen atoms in total. The zero-order chi connectivity index (χ0) is 26.0. The van der Waals surface area contributed by atoms with Crippen LogP contribution in [0.5, 0.6) is 5.75 Å². The van der Waals surface area contributed by atoms with Crippen LogP contribution in [0.1, 0.15) is 15.9 Å². The SMILES string of the molecule is COc1c(Cl)cc(C(=O)Nc2cccc(Cl)c2N2CCN(S(=O)(=O)c3ccc(C)cc3)CC2)cc1Cl. The number of benzene rings is 3. The molecule has 0 unspecified atom stereocenters. The normalized spacial score (nSPS) is 14.5. The Bertz CT molecular complexity index is 1370. The molecule has 0 saturated carbocycles. The number of carbonyl (C=O) groups excluding carboxylic acids is 1. The number of methoxy groups -OCH3 is 1. The summed E-state index contributed by atoms with van der Waals surface area (Å²) in [6.07, 6.45) is 0. The predicted molar refractivity (Wildman–Crippen MR) is 145 cm³/mol. The number of nitrogens with one attached hydrogen (secondary N) is 1. The Kier molecular flexibility index (Phi) is 8.02. The largest absolute Gasteiger partial charge is 0.494 e. The van der Waals surface area contributed by atoms with E-state index in [4.69, 9.17) is 39.5 Å². The maximum Gasteiger partial charge on any atom is 0.255 e. The smallest absolute Gasteiger partial charge is 0.255 e. The maximum atomic E-state index is 13.1. The summed E-state index contributed by atoms with van der Waals surface area (Å²) in [6.45, 7) is 3.26. The molecule has 3 aromatic carbocycles. The number of carbonyl (C=O) groups is 1. The van der Waals surface area contributed by atoms with E-state index in [2.05, 4.69) is 5.32 Å². The van der Waals surface area contributed by atoms with E-state index in [-0.39, 0.29) is 39.3 Å². The molecule has 4 rings (SSSR count). The van der Waals surface area contributed by atoms with Crippen LogP contribution < -0.4 is 15.0 Å². The van der Waals surface area contributed by atoms with Crippen molar-refractivity contribution in [1.29, 1.82) is 0 Å². The Balaban J connectivity index is 1.53. The van der Waals surface area contributed by atoms with E-state index in [1.807, 2.05) is 11.8 Å². The summed E-state index contributed by atoms with van der Waals surface area (Å²) in [6, 6.07) is 14.9. The Morgan fingerprint density at radius 1 is 0.917 bits per heavy atom. The van der Waals surface area contributed by atoms with Gasteiger partial charge in [-0.2, -0.15) is 4.31 Å². The third kappa shape index (κ3) is 5.43. The summed E-state index contributed by atoms with van der Waals surface area (Å²) >= 11 is 18.9. The van der Waals surface area contributed by atoms with Crippen LogP contribution >= 0.6 is 34.8 Å². The first-order valence-electron chi connectivity index (χ1n) is 11.1. The monoisotopic (exact) mass is 567 g/mol. The third-order valence-corrected chi connectivity index (χ3v) is 8.69. The van der Waals surface area contributed by atoms with Gasteiger partial charge >= 0.3 is 0 Å². The predicted octanol–water partition coefficient (Wildman–Crippen LogP) is 5.73. The molecule has 1 N–H and O–H groups in total. The minimum absolute atomic E-state index is 0.215. The van der Waals surface area contributed by atoms with E-state index in [1.165, 1.54) is 23.5 Å². The molecule has 11 heteroatoms. The van der Waals surface area contributed by atoms with Crippen LogP contribution in [0.15, 0.2) is 59.5 Å². The number of nitrogens with zero attached hydrogens (tertiary/aromatic N) is 2. The topological polar surface area (TPSA) is 79.0 Å². The van der Waals surface area contributed by atoms with Crippen LogP contribution in [0.25, 0.3) is 0 Å². The lowest BCUT2D eigenvalue weighted by molar-refractivity contribution is 0.102. The molecule has 0 atom stereocenters. The molecule has 190 valence electrons. The third-order valence-electron chi connectivity index (χ3n) is 5.91. The number of amides is 1. The number of hydrogen-bond acceptors (Lipinski definition) is 5. The van der Waals surface area contributed by atoms with Crippen LogP contribution in [0.4, 0.5) is 11.4 Å². The van der Waals surface area contributed by atoms with E-state index in [9.17, 15) is 13.2 Å². The first-order valence-corrected chi connectivity index (χ1v) is 13.6. The maximum absolute atomic E-state index is 13.1. The van der Waals surface area contributed by atoms with E-state index in [1.54, 1.807) is 42.5 Å². The van der Waals surface area contributed by atoms with Gasteiger partial charge in [-0.1, -0.05) is 58.6 Å². The molecule has 0 radical (unpaired) electrons. The number of halogens is 3. The standard InChI is InChI=1S/C25H24Cl3N3O4S/c1-16-6-8-18(9-7-16)36(33,34)31-12-10-30(11-13-31)23-19(26)4-3-5-22(23)29-25(32)17-14-20(27)24(35-2)21(28)15-17/h3-9,14-15H,10-13H2,1-2H3,(H,29,32). The van der Waals surface area contributed by atoms with Crippen molar-refractivity contribution in [2.75, 3.05) is 43.5 Å². The molecular weight excluding hydrogens is 545 g/mol. The second-order valence-electron chi connectivity index (χ2n) is 8.27. The summed E-state index contributed by atoms with van der Waals surface area (Å²) in [5.74, 6) is -0.137. The molecule has 0 spiro atoms. The second kappa shape index (κ2) is 10.9. The quantitative estimate of drug-likeness (QED) is 0.411. The van der Waals surface area contributed by atoms with Gasteiger partial charge in [0.2, 0.25) is 10.0 Å². The van der Waals surface area contributed by atoms with E-state index < -0.39 is 15.9 Å². The number of ether oxygens (including phenoxy) is 1. The molecule has 0 aromatic heterocycles. The fourth-order valence-corrected chi connectivity index (χ4v) is 6.39. The molecule has 1 heterocycles. The first kappa shape index (κ1) is 26.6. The Hall–Kier alpha value is -2.49. The van der Waals surface area contributed by atoms with Gasteiger partial charge in [-0.05, 0) is 43.3 Å². The zero-order valence-corrected chi connectivity index (χ0v) is 22.7. The number of piperazine rings is 1. The number of rotatable bonds is 6. The van der Waals surface area contributed by atoms with Crippen LogP contribution in [-0.4, -0.2) is 51.9 Å². The Morgan fingerprint density at radius 2 is 1.53 bits per heavy atom. The van der Waals surface area contributed by atoms with E-state index in [0.717, 1.165) is 5.56 Å². The number of sulfonamides is 1. The van der Waals surface area contributed by atoms with Gasteiger partial charge in [-0.15, -0.1) is 0 Å². The molecular formula is C25H24Cl3N3O4S. The fraction of sp³-hybridized carbons (Fsp3) is 0.240. The summed E-state index contributed by atoms with van der Waals surface area (Å²) < 4.78 is 32.8. The number of anilines is 2. The summed E-state index contributed by atoms with van der Waals surface area (Å²) in [5.41, 5.74) is 2.35. The highest BCUT2D eigenvalue weighted by atomic mass is 35.5. The van der Waals surface area contributed by atoms with Crippen LogP contribution in [0.3, 0.4) is 0 Å². The molecule has 3 aromatic rings. The van der Waals surface area contributed by atoms with Crippen LogP contribution in [0, 0.1) is 6.92 Å². The lowest BCUT2D eigenvalue weighted by Gasteiger charge is -2.36. The molecule has 1 fully saturated rings. The van der Waals surface area contributed by atoms with Gasteiger partial charge in [0, 0.05) is 31.7 Å². The molecule has 1 aliphatic heterocycles. The average Bonchev–Trinajstić information content (AvgIpc) is 2.84. The van der Waals surface area contributed by atoms with Crippen molar-refractivity contribution in [3.8, 4) is 5.75 Å². The number of hydrogen-bond donors (Lipinski definition) is 1. The minimum atomic E-state index is -3.60. The van der Waals surface area contributed by atoms with Gasteiger partial charge in [0.1, 0.15) is 0 Å². The Labute approximate surface area is 225 Å². The minimum Gasteiger partial charge on any atom is -0.494 e. The van der Waals surface area contributed by atoms with Crippen molar-refractivity contribution in [2.24, 2.45) is 0 Å². The average molecular weight is 569 g/mol. The van der Waals surface area contributed by atoms with Crippen molar-refractivity contribution in [2.45, 2.75) is 11.8 Å². The number of para-hydroxylation sites is 1. The van der Waals surface area contributed by atoms with Gasteiger partial charge in [0.25, 0.3) is 5.91 Å². The van der Waals surface area contributed by atoms with Gasteiger partial charge in [0.15, 0.2) is 5.75 Å². The van der Waals surface area contributed by atoms with E-state index in [0.29, 0.717) is 29.5 Å². The highest BCUT2D eigenvalue weighted by molar-refractivity contribution is 7.89. The Morgan fingerprint density at radius 3 is 2.11 bits per heavy atom. The molecule has 0 aliphatic carbocycles. The van der Waals surface area contributed by atoms with Crippen LogP contribution in [-0.2, 0) is 10.0 Å². The van der Waals surface area contributed by atoms with Crippen molar-refractivity contribution in [3.63, 3.8) is 0 Å².